The Balaban J connectivity index is 0.00000144. The van der Waals surface area contributed by atoms with Crippen LogP contribution in [0.4, 0.5) is 0 Å². The molecule has 1 aromatic rings. The van der Waals surface area contributed by atoms with Gasteiger partial charge >= 0.3 is 0 Å². The van der Waals surface area contributed by atoms with Crippen molar-refractivity contribution in [1.29, 1.82) is 0 Å². The number of hydrogen-bond donors (Lipinski definition) is 1. The van der Waals surface area contributed by atoms with E-state index in [-0.39, 0.29) is 12.4 Å². The van der Waals surface area contributed by atoms with E-state index in [4.69, 9.17) is 0 Å². The van der Waals surface area contributed by atoms with Crippen molar-refractivity contribution in [2.45, 2.75) is 57.9 Å². The summed E-state index contributed by atoms with van der Waals surface area (Å²) >= 11 is 1.80. The van der Waals surface area contributed by atoms with Gasteiger partial charge in [-0.05, 0) is 45.6 Å². The average Bonchev–Trinajstić information content (AvgIpc) is 2.89. The number of halogens is 1. The second-order valence-electron chi connectivity index (χ2n) is 4.78. The Hall–Kier alpha value is -0.120. The number of hydrogen-bond acceptors (Lipinski definition) is 3. The number of nitrogens with one attached hydrogen (secondary N) is 1. The molecule has 1 aliphatic carbocycles. The maximum Gasteiger partial charge on any atom is 0.0928 e. The third kappa shape index (κ3) is 5.36. The van der Waals surface area contributed by atoms with Gasteiger partial charge in [0.2, 0.25) is 0 Å². The van der Waals surface area contributed by atoms with Crippen LogP contribution in [0.1, 0.15) is 49.2 Å². The molecular formula is C13H23ClN2S. The highest BCUT2D eigenvalue weighted by molar-refractivity contribution is 7.09. The number of rotatable bonds is 6. The largest absolute Gasteiger partial charge is 0.314 e. The van der Waals surface area contributed by atoms with Crippen molar-refractivity contribution in [3.8, 4) is 0 Å². The molecule has 98 valence electrons. The molecule has 4 heteroatoms. The van der Waals surface area contributed by atoms with Crippen LogP contribution in [0.25, 0.3) is 0 Å². The first-order chi connectivity index (χ1) is 7.84. The predicted molar refractivity (Wildman–Crippen MR) is 77.3 cm³/mol. The van der Waals surface area contributed by atoms with Crippen LogP contribution >= 0.6 is 23.7 Å². The van der Waals surface area contributed by atoms with Crippen molar-refractivity contribution in [3.63, 3.8) is 0 Å². The van der Waals surface area contributed by atoms with E-state index in [1.165, 1.54) is 55.8 Å². The van der Waals surface area contributed by atoms with Gasteiger partial charge in [-0.2, -0.15) is 0 Å². The summed E-state index contributed by atoms with van der Waals surface area (Å²) < 4.78 is 0. The smallest absolute Gasteiger partial charge is 0.0928 e. The molecule has 0 unspecified atom stereocenters. The lowest BCUT2D eigenvalue weighted by atomic mass is 10.2. The molecule has 0 spiro atoms. The number of aromatic nitrogens is 1. The van der Waals surface area contributed by atoms with Crippen molar-refractivity contribution < 1.29 is 0 Å². The van der Waals surface area contributed by atoms with Gasteiger partial charge in [-0.25, -0.2) is 4.98 Å². The maximum atomic E-state index is 4.48. The third-order valence-electron chi connectivity index (χ3n) is 3.27. The molecule has 1 saturated carbocycles. The van der Waals surface area contributed by atoms with Crippen LogP contribution in [-0.2, 0) is 6.42 Å². The average molecular weight is 275 g/mol. The lowest BCUT2D eigenvalue weighted by Crippen LogP contribution is -2.26. The van der Waals surface area contributed by atoms with E-state index in [1.807, 2.05) is 0 Å². The summed E-state index contributed by atoms with van der Waals surface area (Å²) in [7, 11) is 0. The molecule has 2 nitrogen and oxygen atoms in total. The molecule has 2 rings (SSSR count). The Morgan fingerprint density at radius 2 is 2.12 bits per heavy atom. The second-order valence-corrected chi connectivity index (χ2v) is 5.72. The number of unbranched alkanes of at least 4 members (excludes halogenated alkanes) is 1. The standard InChI is InChI=1S/C13H22N2S.ClH/c1-11-10-16-13(15-11)8-4-5-9-14-12-6-2-3-7-12;/h10,12,14H,2-9H2,1H3;1H. The fourth-order valence-corrected chi connectivity index (χ4v) is 3.17. The molecule has 17 heavy (non-hydrogen) atoms. The van der Waals surface area contributed by atoms with Gasteiger partial charge in [0.1, 0.15) is 0 Å². The Morgan fingerprint density at radius 1 is 1.35 bits per heavy atom. The molecule has 0 saturated heterocycles. The van der Waals surface area contributed by atoms with E-state index in [0.29, 0.717) is 0 Å². The summed E-state index contributed by atoms with van der Waals surface area (Å²) in [6, 6.07) is 0.821. The fraction of sp³-hybridized carbons (Fsp3) is 0.769. The fourth-order valence-electron chi connectivity index (χ4n) is 2.35. The molecule has 0 atom stereocenters. The first-order valence-corrected chi connectivity index (χ1v) is 7.37. The Morgan fingerprint density at radius 3 is 2.76 bits per heavy atom. The van der Waals surface area contributed by atoms with E-state index >= 15 is 0 Å². The summed E-state index contributed by atoms with van der Waals surface area (Å²) in [6.07, 6.45) is 9.36. The SMILES string of the molecule is Cc1csc(CCCCNC2CCCC2)n1.Cl. The highest BCUT2D eigenvalue weighted by Gasteiger charge is 2.13. The summed E-state index contributed by atoms with van der Waals surface area (Å²) in [5.41, 5.74) is 1.17. The highest BCUT2D eigenvalue weighted by Crippen LogP contribution is 2.17. The molecule has 0 aliphatic heterocycles. The third-order valence-corrected chi connectivity index (χ3v) is 4.30. The minimum absolute atomic E-state index is 0. The van der Waals surface area contributed by atoms with Crippen LogP contribution in [0.2, 0.25) is 0 Å². The summed E-state index contributed by atoms with van der Waals surface area (Å²) in [6.45, 7) is 3.26. The van der Waals surface area contributed by atoms with Gasteiger partial charge < -0.3 is 5.32 Å². The van der Waals surface area contributed by atoms with Gasteiger partial charge in [0.15, 0.2) is 0 Å². The normalized spacial score (nSPS) is 16.1. The molecule has 0 aromatic carbocycles. The predicted octanol–water partition coefficient (Wildman–Crippen LogP) is 3.73. The topological polar surface area (TPSA) is 24.9 Å². The van der Waals surface area contributed by atoms with Gasteiger partial charge in [0.25, 0.3) is 0 Å². The Bertz CT molecular complexity index is 308. The zero-order chi connectivity index (χ0) is 11.2. The van der Waals surface area contributed by atoms with E-state index in [1.54, 1.807) is 11.3 Å². The second kappa shape index (κ2) is 8.06. The van der Waals surface area contributed by atoms with Crippen molar-refractivity contribution in [2.24, 2.45) is 0 Å². The molecule has 1 heterocycles. The van der Waals surface area contributed by atoms with E-state index in [0.717, 1.165) is 12.5 Å². The molecule has 0 bridgehead atoms. The highest BCUT2D eigenvalue weighted by atomic mass is 35.5. The van der Waals surface area contributed by atoms with Gasteiger partial charge in [0, 0.05) is 17.1 Å². The zero-order valence-corrected chi connectivity index (χ0v) is 12.2. The summed E-state index contributed by atoms with van der Waals surface area (Å²) in [4.78, 5) is 4.48. The van der Waals surface area contributed by atoms with E-state index in [9.17, 15) is 0 Å². The first kappa shape index (κ1) is 14.9. The summed E-state index contributed by atoms with van der Waals surface area (Å²) in [5, 5.41) is 7.11. The van der Waals surface area contributed by atoms with Crippen molar-refractivity contribution >= 4 is 23.7 Å². The van der Waals surface area contributed by atoms with Crippen LogP contribution in [0.3, 0.4) is 0 Å². The van der Waals surface area contributed by atoms with Crippen molar-refractivity contribution in [1.82, 2.24) is 10.3 Å². The van der Waals surface area contributed by atoms with Gasteiger partial charge in [-0.15, -0.1) is 23.7 Å². The molecule has 1 N–H and O–H groups in total. The molecule has 1 aliphatic rings. The Kier molecular flexibility index (Phi) is 7.09. The van der Waals surface area contributed by atoms with Crippen molar-refractivity contribution in [2.75, 3.05) is 6.54 Å². The van der Waals surface area contributed by atoms with Gasteiger partial charge in [-0.1, -0.05) is 12.8 Å². The van der Waals surface area contributed by atoms with Crippen LogP contribution in [0.15, 0.2) is 5.38 Å². The first-order valence-electron chi connectivity index (χ1n) is 6.49. The van der Waals surface area contributed by atoms with Crippen LogP contribution in [-0.4, -0.2) is 17.6 Å². The zero-order valence-electron chi connectivity index (χ0n) is 10.6. The lowest BCUT2D eigenvalue weighted by molar-refractivity contribution is 0.507. The number of aryl methyl sites for hydroxylation is 2. The van der Waals surface area contributed by atoms with E-state index in [2.05, 4.69) is 22.6 Å². The number of nitrogens with zero attached hydrogens (tertiary/aromatic N) is 1. The minimum Gasteiger partial charge on any atom is -0.314 e. The lowest BCUT2D eigenvalue weighted by Gasteiger charge is -2.10. The molecule has 1 fully saturated rings. The molecule has 0 radical (unpaired) electrons. The molecular weight excluding hydrogens is 252 g/mol. The van der Waals surface area contributed by atoms with Crippen LogP contribution in [0, 0.1) is 6.92 Å². The quantitative estimate of drug-likeness (QED) is 0.800. The Labute approximate surface area is 115 Å². The van der Waals surface area contributed by atoms with Crippen molar-refractivity contribution in [3.05, 3.63) is 16.1 Å². The molecule has 0 amide bonds. The molecule has 1 aromatic heterocycles. The number of thiazole rings is 1. The monoisotopic (exact) mass is 274 g/mol. The van der Waals surface area contributed by atoms with Gasteiger partial charge in [0.05, 0.1) is 5.01 Å². The van der Waals surface area contributed by atoms with Crippen LogP contribution < -0.4 is 5.32 Å². The maximum absolute atomic E-state index is 4.48. The minimum atomic E-state index is 0. The van der Waals surface area contributed by atoms with Crippen LogP contribution in [0.5, 0.6) is 0 Å². The van der Waals surface area contributed by atoms with Gasteiger partial charge in [-0.3, -0.25) is 0 Å². The van der Waals surface area contributed by atoms with E-state index < -0.39 is 0 Å². The summed E-state index contributed by atoms with van der Waals surface area (Å²) in [5.74, 6) is 0.